The van der Waals surface area contributed by atoms with Gasteiger partial charge in [0.25, 0.3) is 11.1 Å². The van der Waals surface area contributed by atoms with Crippen molar-refractivity contribution in [1.29, 1.82) is 0 Å². The van der Waals surface area contributed by atoms with Gasteiger partial charge < -0.3 is 42.8 Å². The van der Waals surface area contributed by atoms with Crippen molar-refractivity contribution in [1.82, 2.24) is 24.0 Å². The van der Waals surface area contributed by atoms with Crippen LogP contribution in [0.1, 0.15) is 35.6 Å². The molecule has 0 saturated carbocycles. The molecule has 17 nitrogen and oxygen atoms in total. The number of rotatable bonds is 18. The summed E-state index contributed by atoms with van der Waals surface area (Å²) in [6, 6.07) is 27.7. The molecule has 4 heterocycles. The number of hydrogen-bond donors (Lipinski definition) is 2. The van der Waals surface area contributed by atoms with Crippen molar-refractivity contribution in [3.8, 4) is 11.5 Å². The number of methoxy groups -OCH3 is 4. The summed E-state index contributed by atoms with van der Waals surface area (Å²) in [6.07, 6.45) is -1.44. The number of likely N-dealkylation sites (N-methyl/N-ethyl adjacent to an activating group) is 1. The summed E-state index contributed by atoms with van der Waals surface area (Å²) >= 11 is 0. The third-order valence-corrected chi connectivity index (χ3v) is 11.2. The first kappa shape index (κ1) is 43.4. The summed E-state index contributed by atoms with van der Waals surface area (Å²) in [7, 11) is 8.22. The Balaban J connectivity index is 1.15. The van der Waals surface area contributed by atoms with Gasteiger partial charge in [0.1, 0.15) is 41.5 Å². The minimum absolute atomic E-state index is 0.0260. The SMILES string of the molecule is COc1ccc(C(OC[C@H]2O[C@@H](n3ccc(=O)[nH]c3=O)[C@H](OC)[C@@H]2OCCN(C)C[C@H]2C[C@@H](OC)[C@H](n3ccc(=O)[nH]c3=O)O2)(c2ccccc2)c2ccc(OC)cc2)cc1. The highest BCUT2D eigenvalue weighted by atomic mass is 16.6. The molecular formula is C44H51N5O12. The summed E-state index contributed by atoms with van der Waals surface area (Å²) in [4.78, 5) is 56.1. The van der Waals surface area contributed by atoms with E-state index in [0.717, 1.165) is 16.7 Å². The van der Waals surface area contributed by atoms with Crippen LogP contribution in [0.15, 0.2) is 123 Å². The molecule has 17 heteroatoms. The van der Waals surface area contributed by atoms with Crippen LogP contribution in [-0.4, -0.2) is 116 Å². The Morgan fingerprint density at radius 3 is 1.77 bits per heavy atom. The molecule has 7 rings (SSSR count). The number of benzene rings is 3. The van der Waals surface area contributed by atoms with E-state index in [4.69, 9.17) is 37.9 Å². The molecule has 3 aromatic carbocycles. The molecule has 0 aliphatic carbocycles. The second-order valence-corrected chi connectivity index (χ2v) is 14.9. The Kier molecular flexibility index (Phi) is 13.8. The van der Waals surface area contributed by atoms with Gasteiger partial charge in [0, 0.05) is 58.3 Å². The van der Waals surface area contributed by atoms with Crippen LogP contribution in [-0.2, 0) is 34.0 Å². The van der Waals surface area contributed by atoms with E-state index in [1.165, 1.54) is 40.8 Å². The normalized spacial score (nSPS) is 22.8. The van der Waals surface area contributed by atoms with E-state index in [1.807, 2.05) is 90.8 Å². The average Bonchev–Trinajstić information content (AvgIpc) is 3.84. The van der Waals surface area contributed by atoms with Gasteiger partial charge in [-0.25, -0.2) is 9.59 Å². The van der Waals surface area contributed by atoms with Crippen molar-refractivity contribution < 1.29 is 37.9 Å². The highest BCUT2D eigenvalue weighted by Crippen LogP contribution is 2.43. The lowest BCUT2D eigenvalue weighted by Crippen LogP contribution is -2.43. The first-order valence-corrected chi connectivity index (χ1v) is 19.9. The number of H-pyrrole nitrogens is 2. The molecule has 7 atom stereocenters. The van der Waals surface area contributed by atoms with Crippen LogP contribution >= 0.6 is 0 Å². The van der Waals surface area contributed by atoms with Crippen molar-refractivity contribution in [2.45, 2.75) is 55.0 Å². The van der Waals surface area contributed by atoms with Crippen molar-refractivity contribution in [2.75, 3.05) is 61.8 Å². The number of aromatic amines is 2. The quantitative estimate of drug-likeness (QED) is 0.123. The molecule has 2 aromatic heterocycles. The lowest BCUT2D eigenvalue weighted by molar-refractivity contribution is -0.105. The van der Waals surface area contributed by atoms with E-state index in [2.05, 4.69) is 9.97 Å². The molecule has 0 spiro atoms. The monoisotopic (exact) mass is 841 g/mol. The van der Waals surface area contributed by atoms with Gasteiger partial charge in [0.05, 0.1) is 33.5 Å². The minimum Gasteiger partial charge on any atom is -0.497 e. The molecule has 2 N–H and O–H groups in total. The Labute approximate surface area is 351 Å². The molecule has 324 valence electrons. The molecule has 5 aromatic rings. The maximum Gasteiger partial charge on any atom is 0.330 e. The van der Waals surface area contributed by atoms with Crippen molar-refractivity contribution in [3.63, 3.8) is 0 Å². The Morgan fingerprint density at radius 2 is 1.25 bits per heavy atom. The maximum absolute atomic E-state index is 13.2. The van der Waals surface area contributed by atoms with E-state index in [9.17, 15) is 19.2 Å². The molecule has 2 fully saturated rings. The molecule has 0 radical (unpaired) electrons. The van der Waals surface area contributed by atoms with Crippen molar-refractivity contribution in [3.05, 3.63) is 162 Å². The van der Waals surface area contributed by atoms with Crippen LogP contribution in [0.2, 0.25) is 0 Å². The van der Waals surface area contributed by atoms with Gasteiger partial charge in [0.15, 0.2) is 12.5 Å². The third-order valence-electron chi connectivity index (χ3n) is 11.2. The van der Waals surface area contributed by atoms with Crippen LogP contribution in [0.25, 0.3) is 0 Å². The van der Waals surface area contributed by atoms with Gasteiger partial charge in [-0.15, -0.1) is 0 Å². The minimum atomic E-state index is -1.18. The number of nitrogens with zero attached hydrogens (tertiary/aromatic N) is 3. The zero-order chi connectivity index (χ0) is 43.1. The van der Waals surface area contributed by atoms with Gasteiger partial charge in [-0.3, -0.25) is 28.7 Å². The Morgan fingerprint density at radius 1 is 0.689 bits per heavy atom. The highest BCUT2D eigenvalue weighted by molar-refractivity contribution is 5.49. The molecule has 0 bridgehead atoms. The van der Waals surface area contributed by atoms with Gasteiger partial charge in [0.2, 0.25) is 0 Å². The van der Waals surface area contributed by atoms with E-state index >= 15 is 0 Å². The summed E-state index contributed by atoms with van der Waals surface area (Å²) in [6.45, 7) is 1.13. The molecule has 0 unspecified atom stereocenters. The Bertz CT molecular complexity index is 2390. The van der Waals surface area contributed by atoms with Crippen LogP contribution in [0, 0.1) is 0 Å². The molecule has 2 aliphatic rings. The predicted molar refractivity (Wildman–Crippen MR) is 222 cm³/mol. The molecular weight excluding hydrogens is 791 g/mol. The van der Waals surface area contributed by atoms with E-state index in [-0.39, 0.29) is 19.3 Å². The second kappa shape index (κ2) is 19.4. The predicted octanol–water partition coefficient (Wildman–Crippen LogP) is 2.64. The van der Waals surface area contributed by atoms with Crippen LogP contribution in [0.4, 0.5) is 0 Å². The van der Waals surface area contributed by atoms with Gasteiger partial charge in [-0.1, -0.05) is 54.6 Å². The zero-order valence-electron chi connectivity index (χ0n) is 34.6. The van der Waals surface area contributed by atoms with Crippen LogP contribution in [0.3, 0.4) is 0 Å². The highest BCUT2D eigenvalue weighted by Gasteiger charge is 2.49. The number of ether oxygens (including phenoxy) is 8. The average molecular weight is 842 g/mol. The topological polar surface area (TPSA) is 187 Å². The fourth-order valence-electron chi connectivity index (χ4n) is 8.13. The fourth-order valence-corrected chi connectivity index (χ4v) is 8.13. The molecule has 61 heavy (non-hydrogen) atoms. The van der Waals surface area contributed by atoms with Crippen LogP contribution < -0.4 is 32.0 Å². The Hall–Kier alpha value is -5.66. The van der Waals surface area contributed by atoms with E-state index in [0.29, 0.717) is 31.0 Å². The molecule has 0 amide bonds. The first-order chi connectivity index (χ1) is 29.6. The zero-order valence-corrected chi connectivity index (χ0v) is 34.6. The van der Waals surface area contributed by atoms with E-state index in [1.54, 1.807) is 21.3 Å². The van der Waals surface area contributed by atoms with E-state index < -0.39 is 65.0 Å². The maximum atomic E-state index is 13.2. The summed E-state index contributed by atoms with van der Waals surface area (Å²) in [5, 5.41) is 0. The van der Waals surface area contributed by atoms with Gasteiger partial charge in [-0.2, -0.15) is 0 Å². The first-order valence-electron chi connectivity index (χ1n) is 19.9. The molecule has 2 saturated heterocycles. The summed E-state index contributed by atoms with van der Waals surface area (Å²) in [5.74, 6) is 1.36. The van der Waals surface area contributed by atoms with Gasteiger partial charge in [-0.05, 0) is 48.0 Å². The smallest absolute Gasteiger partial charge is 0.330 e. The largest absolute Gasteiger partial charge is 0.497 e. The lowest BCUT2D eigenvalue weighted by atomic mass is 9.80. The standard InChI is InChI=1S/C44H51N5O12/c1-47(26-33-25-34(56-4)40(60-33)48-21-19-36(50)45-42(48)52)23-24-58-38-35(61-41(39(38)57-5)49-22-20-37(51)46-43(49)53)27-59-44(28-9-7-6-8-10-28,29-11-15-31(54-2)16-12-29)30-13-17-32(55-3)18-14-30/h6-22,33-35,38-41H,23-27H2,1-5H3,(H,45,50,52)(H,46,51,53)/t33-,34-,35-,38-,39-,40-,41-/m1/s1. The van der Waals surface area contributed by atoms with Gasteiger partial charge >= 0.3 is 11.4 Å². The number of aromatic nitrogens is 4. The lowest BCUT2D eigenvalue weighted by Gasteiger charge is -2.37. The number of nitrogens with one attached hydrogen (secondary N) is 2. The van der Waals surface area contributed by atoms with Crippen LogP contribution in [0.5, 0.6) is 11.5 Å². The number of hydrogen-bond acceptors (Lipinski definition) is 13. The summed E-state index contributed by atoms with van der Waals surface area (Å²) < 4.78 is 52.1. The van der Waals surface area contributed by atoms with Crippen molar-refractivity contribution in [2.24, 2.45) is 0 Å². The fraction of sp³-hybridized carbons (Fsp3) is 0.409. The third kappa shape index (κ3) is 9.33. The van der Waals surface area contributed by atoms with Crippen molar-refractivity contribution >= 4 is 0 Å². The molecule has 2 aliphatic heterocycles. The summed E-state index contributed by atoms with van der Waals surface area (Å²) in [5.41, 5.74) is -0.988. The second-order valence-electron chi connectivity index (χ2n) is 14.9.